The van der Waals surface area contributed by atoms with Crippen molar-refractivity contribution in [2.75, 3.05) is 13.3 Å². The van der Waals surface area contributed by atoms with E-state index in [4.69, 9.17) is 9.84 Å². The Morgan fingerprint density at radius 2 is 2.29 bits per heavy atom. The fraction of sp³-hybridized carbons (Fsp3) is 0.300. The summed E-state index contributed by atoms with van der Waals surface area (Å²) >= 11 is 0. The molecule has 0 aliphatic rings. The molecule has 0 amide bonds. The first kappa shape index (κ1) is 10.5. The first-order valence-electron chi connectivity index (χ1n) is 4.18. The van der Waals surface area contributed by atoms with Crippen molar-refractivity contribution in [1.82, 2.24) is 0 Å². The molecule has 0 radical (unpaired) electrons. The second-order valence-corrected chi connectivity index (χ2v) is 2.82. The van der Waals surface area contributed by atoms with Gasteiger partial charge in [0.15, 0.2) is 0 Å². The van der Waals surface area contributed by atoms with Crippen LogP contribution in [-0.4, -0.2) is 24.4 Å². The van der Waals surface area contributed by atoms with E-state index in [9.17, 15) is 9.18 Å². The van der Waals surface area contributed by atoms with Crippen LogP contribution in [0.15, 0.2) is 18.2 Å². The van der Waals surface area contributed by atoms with E-state index in [1.807, 2.05) is 0 Å². The summed E-state index contributed by atoms with van der Waals surface area (Å²) in [7, 11) is 0. The second kappa shape index (κ2) is 4.60. The summed E-state index contributed by atoms with van der Waals surface area (Å²) in [5, 5.41) is 8.70. The number of carbonyl (C=O) groups is 1. The van der Waals surface area contributed by atoms with E-state index < -0.39 is 12.6 Å². The summed E-state index contributed by atoms with van der Waals surface area (Å²) in [6, 6.07) is 4.52. The van der Waals surface area contributed by atoms with Crippen molar-refractivity contribution < 1.29 is 19.0 Å². The first-order chi connectivity index (χ1) is 6.65. The number of ether oxygens (including phenoxy) is 1. The van der Waals surface area contributed by atoms with Gasteiger partial charge in [-0.05, 0) is 24.6 Å². The summed E-state index contributed by atoms with van der Waals surface area (Å²) in [4.78, 5) is 10.6. The number of aromatic carboxylic acids is 1. The Labute approximate surface area is 81.1 Å². The van der Waals surface area contributed by atoms with E-state index in [0.29, 0.717) is 5.75 Å². The molecule has 14 heavy (non-hydrogen) atoms. The smallest absolute Gasteiger partial charge is 0.335 e. The number of carboxylic acid groups (broad SMARTS) is 1. The maximum Gasteiger partial charge on any atom is 0.335 e. The van der Waals surface area contributed by atoms with Crippen molar-refractivity contribution in [3.8, 4) is 5.75 Å². The van der Waals surface area contributed by atoms with Crippen LogP contribution in [0.1, 0.15) is 15.9 Å². The molecule has 0 fully saturated rings. The predicted octanol–water partition coefficient (Wildman–Crippen LogP) is 2.04. The number of benzene rings is 1. The Bertz CT molecular complexity index is 336. The van der Waals surface area contributed by atoms with Crippen LogP contribution in [0.2, 0.25) is 0 Å². The molecule has 0 saturated heterocycles. The molecule has 0 aliphatic carbocycles. The summed E-state index contributed by atoms with van der Waals surface area (Å²) < 4.78 is 16.9. The molecule has 3 nitrogen and oxygen atoms in total. The van der Waals surface area contributed by atoms with Gasteiger partial charge < -0.3 is 9.84 Å². The second-order valence-electron chi connectivity index (χ2n) is 2.82. The average molecular weight is 198 g/mol. The molecule has 76 valence electrons. The minimum atomic E-state index is -1.02. The zero-order chi connectivity index (χ0) is 10.6. The number of hydrogen-bond donors (Lipinski definition) is 1. The van der Waals surface area contributed by atoms with Gasteiger partial charge in [-0.2, -0.15) is 0 Å². The lowest BCUT2D eigenvalue weighted by Crippen LogP contribution is -2.02. The third kappa shape index (κ3) is 2.45. The molecular formula is C10H11FO3. The Morgan fingerprint density at radius 1 is 1.57 bits per heavy atom. The molecule has 0 unspecified atom stereocenters. The summed E-state index contributed by atoms with van der Waals surface area (Å²) in [6.07, 6.45) is 0. The molecule has 0 atom stereocenters. The van der Waals surface area contributed by atoms with E-state index in [2.05, 4.69) is 0 Å². The molecule has 4 heteroatoms. The third-order valence-corrected chi connectivity index (χ3v) is 1.77. The standard InChI is InChI=1S/C10H11FO3/c1-7-2-3-8(10(12)13)6-9(7)14-5-4-11/h2-3,6H,4-5H2,1H3,(H,12,13). The highest BCUT2D eigenvalue weighted by Gasteiger charge is 2.06. The van der Waals surface area contributed by atoms with Crippen molar-refractivity contribution in [2.45, 2.75) is 6.92 Å². The predicted molar refractivity (Wildman–Crippen MR) is 49.6 cm³/mol. The lowest BCUT2D eigenvalue weighted by molar-refractivity contribution is 0.0696. The van der Waals surface area contributed by atoms with Crippen LogP contribution in [0.4, 0.5) is 4.39 Å². The molecule has 1 N–H and O–H groups in total. The minimum Gasteiger partial charge on any atom is -0.491 e. The zero-order valence-electron chi connectivity index (χ0n) is 7.79. The highest BCUT2D eigenvalue weighted by molar-refractivity contribution is 5.88. The first-order valence-corrected chi connectivity index (χ1v) is 4.18. The Hall–Kier alpha value is -1.58. The molecule has 0 heterocycles. The highest BCUT2D eigenvalue weighted by Crippen LogP contribution is 2.19. The monoisotopic (exact) mass is 198 g/mol. The van der Waals surface area contributed by atoms with Gasteiger partial charge >= 0.3 is 5.97 Å². The normalized spacial score (nSPS) is 9.86. The van der Waals surface area contributed by atoms with Crippen LogP contribution in [0.3, 0.4) is 0 Å². The van der Waals surface area contributed by atoms with Crippen LogP contribution in [0.25, 0.3) is 0 Å². The molecule has 1 aromatic carbocycles. The van der Waals surface area contributed by atoms with Crippen molar-refractivity contribution in [1.29, 1.82) is 0 Å². The molecule has 0 saturated carbocycles. The van der Waals surface area contributed by atoms with Gasteiger partial charge in [-0.1, -0.05) is 6.07 Å². The van der Waals surface area contributed by atoms with Crippen molar-refractivity contribution in [3.63, 3.8) is 0 Å². The van der Waals surface area contributed by atoms with Crippen molar-refractivity contribution >= 4 is 5.97 Å². The number of carboxylic acids is 1. The fourth-order valence-electron chi connectivity index (χ4n) is 1.04. The van der Waals surface area contributed by atoms with Gasteiger partial charge in [0.1, 0.15) is 19.0 Å². The van der Waals surface area contributed by atoms with Crippen LogP contribution >= 0.6 is 0 Å². The van der Waals surface area contributed by atoms with Crippen LogP contribution in [0.5, 0.6) is 5.75 Å². The summed E-state index contributed by atoms with van der Waals surface area (Å²) in [6.45, 7) is 1.14. The topological polar surface area (TPSA) is 46.5 Å². The van der Waals surface area contributed by atoms with E-state index >= 15 is 0 Å². The maximum atomic E-state index is 11.8. The van der Waals surface area contributed by atoms with Gasteiger partial charge in [0.25, 0.3) is 0 Å². The summed E-state index contributed by atoms with van der Waals surface area (Å²) in [5.74, 6) is -0.599. The third-order valence-electron chi connectivity index (χ3n) is 1.77. The Kier molecular flexibility index (Phi) is 3.45. The number of rotatable bonds is 4. The lowest BCUT2D eigenvalue weighted by atomic mass is 10.1. The average Bonchev–Trinajstić information content (AvgIpc) is 2.16. The SMILES string of the molecule is Cc1ccc(C(=O)O)cc1OCCF. The highest BCUT2D eigenvalue weighted by atomic mass is 19.1. The molecule has 1 aromatic rings. The van der Waals surface area contributed by atoms with E-state index in [1.165, 1.54) is 12.1 Å². The molecule has 0 bridgehead atoms. The molecule has 0 spiro atoms. The van der Waals surface area contributed by atoms with Gasteiger partial charge in [0, 0.05) is 0 Å². The number of aryl methyl sites for hydroxylation is 1. The lowest BCUT2D eigenvalue weighted by Gasteiger charge is -2.07. The quantitative estimate of drug-likeness (QED) is 0.805. The van der Waals surface area contributed by atoms with E-state index in [-0.39, 0.29) is 12.2 Å². The van der Waals surface area contributed by atoms with Gasteiger partial charge in [0.2, 0.25) is 0 Å². The number of halogens is 1. The van der Waals surface area contributed by atoms with Crippen molar-refractivity contribution in [3.05, 3.63) is 29.3 Å². The molecule has 0 aliphatic heterocycles. The van der Waals surface area contributed by atoms with Crippen LogP contribution in [-0.2, 0) is 0 Å². The Morgan fingerprint density at radius 3 is 2.86 bits per heavy atom. The maximum absolute atomic E-state index is 11.8. The largest absolute Gasteiger partial charge is 0.491 e. The molecule has 0 aromatic heterocycles. The van der Waals surface area contributed by atoms with Crippen molar-refractivity contribution in [2.24, 2.45) is 0 Å². The summed E-state index contributed by atoms with van der Waals surface area (Å²) in [5.41, 5.74) is 0.938. The minimum absolute atomic E-state index is 0.0517. The zero-order valence-corrected chi connectivity index (χ0v) is 7.79. The Balaban J connectivity index is 2.90. The van der Waals surface area contributed by atoms with E-state index in [1.54, 1.807) is 13.0 Å². The van der Waals surface area contributed by atoms with E-state index in [0.717, 1.165) is 5.56 Å². The van der Waals surface area contributed by atoms with Gasteiger partial charge in [-0.3, -0.25) is 0 Å². The number of hydrogen-bond acceptors (Lipinski definition) is 2. The number of alkyl halides is 1. The molecular weight excluding hydrogens is 187 g/mol. The van der Waals surface area contributed by atoms with Gasteiger partial charge in [-0.25, -0.2) is 9.18 Å². The molecule has 1 rings (SSSR count). The van der Waals surface area contributed by atoms with Crippen LogP contribution in [0, 0.1) is 6.92 Å². The van der Waals surface area contributed by atoms with Gasteiger partial charge in [-0.15, -0.1) is 0 Å². The fourth-order valence-corrected chi connectivity index (χ4v) is 1.04. The van der Waals surface area contributed by atoms with Gasteiger partial charge in [0.05, 0.1) is 5.56 Å². The van der Waals surface area contributed by atoms with Crippen LogP contribution < -0.4 is 4.74 Å².